The molecule has 0 bridgehead atoms. The van der Waals surface area contributed by atoms with Gasteiger partial charge < -0.3 is 24.3 Å². The van der Waals surface area contributed by atoms with Crippen LogP contribution in [0.2, 0.25) is 0 Å². The molecule has 0 radical (unpaired) electrons. The van der Waals surface area contributed by atoms with Crippen LogP contribution < -0.4 is 19.3 Å². The third-order valence-corrected chi connectivity index (χ3v) is 7.98. The summed E-state index contributed by atoms with van der Waals surface area (Å²) in [7, 11) is 3.65. The van der Waals surface area contributed by atoms with Crippen LogP contribution in [0.5, 0.6) is 11.8 Å². The monoisotopic (exact) mass is 505 g/mol. The van der Waals surface area contributed by atoms with Crippen molar-refractivity contribution in [2.45, 2.75) is 25.3 Å². The lowest BCUT2D eigenvalue weighted by Crippen LogP contribution is -2.32. The highest BCUT2D eigenvalue weighted by molar-refractivity contribution is 7.05. The van der Waals surface area contributed by atoms with Crippen LogP contribution >= 0.6 is 11.5 Å². The van der Waals surface area contributed by atoms with Gasteiger partial charge in [0.05, 0.1) is 18.9 Å². The quantitative estimate of drug-likeness (QED) is 0.299. The first-order chi connectivity index (χ1) is 17.6. The Labute approximate surface area is 212 Å². The van der Waals surface area contributed by atoms with Gasteiger partial charge in [0.2, 0.25) is 0 Å². The molecule has 1 aliphatic carbocycles. The Balaban J connectivity index is 1.07. The molecular formula is C25H27N7O3S. The van der Waals surface area contributed by atoms with Crippen LogP contribution in [0.25, 0.3) is 11.0 Å². The number of hydrogen-bond acceptors (Lipinski definition) is 10. The average Bonchev–Trinajstić information content (AvgIpc) is 3.66. The van der Waals surface area contributed by atoms with Crippen molar-refractivity contribution < 1.29 is 14.3 Å². The Morgan fingerprint density at radius 2 is 2.06 bits per heavy atom. The van der Waals surface area contributed by atoms with E-state index in [-0.39, 0.29) is 18.4 Å². The summed E-state index contributed by atoms with van der Waals surface area (Å²) in [4.78, 5) is 33.3. The molecule has 0 spiro atoms. The Bertz CT molecular complexity index is 1370. The van der Waals surface area contributed by atoms with Crippen LogP contribution in [0.1, 0.15) is 17.8 Å². The topological polar surface area (TPSA) is 109 Å². The lowest BCUT2D eigenvalue weighted by molar-refractivity contribution is -0.133. The Morgan fingerprint density at radius 1 is 1.22 bits per heavy atom. The molecule has 36 heavy (non-hydrogen) atoms. The first-order valence-corrected chi connectivity index (χ1v) is 12.8. The zero-order chi connectivity index (χ0) is 24.6. The molecule has 2 aliphatic rings. The molecule has 11 heteroatoms. The molecule has 186 valence electrons. The maximum Gasteiger partial charge on any atom is 0.328 e. The summed E-state index contributed by atoms with van der Waals surface area (Å²) in [5.74, 6) is 2.42. The summed E-state index contributed by atoms with van der Waals surface area (Å²) in [6, 6.07) is 10.6. The van der Waals surface area contributed by atoms with Crippen molar-refractivity contribution in [1.29, 1.82) is 0 Å². The highest BCUT2D eigenvalue weighted by Crippen LogP contribution is 2.43. The van der Waals surface area contributed by atoms with Crippen molar-refractivity contribution in [2.24, 2.45) is 11.8 Å². The number of fused-ring (bicyclic) bond motifs is 2. The van der Waals surface area contributed by atoms with Gasteiger partial charge in [-0.2, -0.15) is 4.98 Å². The van der Waals surface area contributed by atoms with Gasteiger partial charge >= 0.3 is 12.0 Å². The number of rotatable bonds is 7. The highest BCUT2D eigenvalue weighted by Gasteiger charge is 2.42. The largest absolute Gasteiger partial charge is 0.466 e. The summed E-state index contributed by atoms with van der Waals surface area (Å²) >= 11 is 1.14. The van der Waals surface area contributed by atoms with Gasteiger partial charge in [-0.05, 0) is 54.4 Å². The minimum Gasteiger partial charge on any atom is -0.466 e. The minimum absolute atomic E-state index is 0.0649. The van der Waals surface area contributed by atoms with Crippen LogP contribution in [0.4, 0.5) is 11.5 Å². The number of nitrogens with one attached hydrogen (secondary N) is 1. The maximum absolute atomic E-state index is 12.4. The molecule has 2 fully saturated rings. The standard InChI is InChI=1S/C25H27N7O3S/c1-31(24-20-6-7-26-23(20)27-14-28-24)18-8-15-12-32(13-16(15)9-18)17-4-3-5-19(10-17)35-22(33)11-21-29-25(34-2)30-36-21/h3-7,10,14-16,18H,8-9,11-13H2,1-2H3,(H,26,27,28)/t15-,16+,18+. The number of methoxy groups -OCH3 is 1. The van der Waals surface area contributed by atoms with E-state index in [0.717, 1.165) is 60.0 Å². The summed E-state index contributed by atoms with van der Waals surface area (Å²) in [5.41, 5.74) is 1.96. The van der Waals surface area contributed by atoms with E-state index < -0.39 is 0 Å². The fourth-order valence-corrected chi connectivity index (χ4v) is 6.14. The second kappa shape index (κ2) is 9.38. The van der Waals surface area contributed by atoms with Gasteiger partial charge in [0.15, 0.2) is 0 Å². The second-order valence-electron chi connectivity index (χ2n) is 9.42. The van der Waals surface area contributed by atoms with E-state index >= 15 is 0 Å². The first-order valence-electron chi connectivity index (χ1n) is 12.0. The summed E-state index contributed by atoms with van der Waals surface area (Å²) in [6.45, 7) is 2.00. The van der Waals surface area contributed by atoms with Crippen molar-refractivity contribution >= 4 is 40.0 Å². The van der Waals surface area contributed by atoms with Crippen molar-refractivity contribution in [3.8, 4) is 11.8 Å². The number of carbonyl (C=O) groups is 1. The molecule has 1 saturated heterocycles. The number of carbonyl (C=O) groups excluding carboxylic acids is 1. The first kappa shape index (κ1) is 22.7. The lowest BCUT2D eigenvalue weighted by atomic mass is 10.0. The summed E-state index contributed by atoms with van der Waals surface area (Å²) < 4.78 is 14.6. The van der Waals surface area contributed by atoms with Crippen LogP contribution in [-0.4, -0.2) is 63.6 Å². The number of nitrogens with zero attached hydrogens (tertiary/aromatic N) is 6. The van der Waals surface area contributed by atoms with E-state index in [2.05, 4.69) is 47.2 Å². The molecule has 1 saturated carbocycles. The SMILES string of the molecule is COc1nsc(CC(=O)Oc2cccc(N3C[C@H]4C[C@H](N(C)c5ncnc6[nH]ccc56)C[C@H]4C3)c2)n1. The number of esters is 1. The van der Waals surface area contributed by atoms with E-state index in [1.165, 1.54) is 7.11 Å². The van der Waals surface area contributed by atoms with Crippen LogP contribution in [0.15, 0.2) is 42.9 Å². The average molecular weight is 506 g/mol. The Hall–Kier alpha value is -3.73. The molecule has 1 N–H and O–H groups in total. The van der Waals surface area contributed by atoms with Crippen molar-refractivity contribution in [3.63, 3.8) is 0 Å². The van der Waals surface area contributed by atoms with Crippen LogP contribution in [0, 0.1) is 11.8 Å². The van der Waals surface area contributed by atoms with E-state index in [1.54, 1.807) is 6.33 Å². The third-order valence-electron chi connectivity index (χ3n) is 7.28. The molecule has 0 amide bonds. The number of anilines is 2. The summed E-state index contributed by atoms with van der Waals surface area (Å²) in [5, 5.41) is 1.63. The van der Waals surface area contributed by atoms with Crippen molar-refractivity contribution in [3.05, 3.63) is 47.9 Å². The molecular weight excluding hydrogens is 478 g/mol. The van der Waals surface area contributed by atoms with Gasteiger partial charge in [-0.25, -0.2) is 9.97 Å². The van der Waals surface area contributed by atoms with Crippen LogP contribution in [0.3, 0.4) is 0 Å². The van der Waals surface area contributed by atoms with Gasteiger partial charge in [-0.3, -0.25) is 4.79 Å². The number of ether oxygens (including phenoxy) is 2. The fourth-order valence-electron chi connectivity index (χ4n) is 5.54. The van der Waals surface area contributed by atoms with E-state index in [0.29, 0.717) is 28.6 Å². The van der Waals surface area contributed by atoms with E-state index in [9.17, 15) is 4.79 Å². The molecule has 0 unspecified atom stereocenters. The number of benzene rings is 1. The third kappa shape index (κ3) is 4.34. The van der Waals surface area contributed by atoms with E-state index in [1.807, 2.05) is 30.5 Å². The minimum atomic E-state index is -0.364. The van der Waals surface area contributed by atoms with Crippen molar-refractivity contribution in [1.82, 2.24) is 24.3 Å². The predicted molar refractivity (Wildman–Crippen MR) is 137 cm³/mol. The van der Waals surface area contributed by atoms with Gasteiger partial charge in [-0.15, -0.1) is 4.37 Å². The molecule has 4 aromatic rings. The normalized spacial score (nSPS) is 21.1. The summed E-state index contributed by atoms with van der Waals surface area (Å²) in [6.07, 6.45) is 5.88. The van der Waals surface area contributed by atoms with Gasteiger partial charge in [0, 0.05) is 44.1 Å². The van der Waals surface area contributed by atoms with Crippen molar-refractivity contribution in [2.75, 3.05) is 37.0 Å². The lowest BCUT2D eigenvalue weighted by Gasteiger charge is -2.28. The molecule has 6 rings (SSSR count). The van der Waals surface area contributed by atoms with Gasteiger partial charge in [-0.1, -0.05) is 6.07 Å². The molecule has 3 aromatic heterocycles. The molecule has 4 heterocycles. The van der Waals surface area contributed by atoms with Crippen LogP contribution in [-0.2, 0) is 11.2 Å². The fraction of sp³-hybridized carbons (Fsp3) is 0.400. The number of hydrogen-bond donors (Lipinski definition) is 1. The number of aromatic nitrogens is 5. The smallest absolute Gasteiger partial charge is 0.328 e. The molecule has 1 aliphatic heterocycles. The number of H-pyrrole nitrogens is 1. The Kier molecular flexibility index (Phi) is 5.92. The predicted octanol–water partition coefficient (Wildman–Crippen LogP) is 3.32. The zero-order valence-corrected chi connectivity index (χ0v) is 20.9. The molecule has 1 aromatic carbocycles. The second-order valence-corrected chi connectivity index (χ2v) is 10.3. The molecule has 3 atom stereocenters. The maximum atomic E-state index is 12.4. The van der Waals surface area contributed by atoms with E-state index in [4.69, 9.17) is 9.47 Å². The zero-order valence-electron chi connectivity index (χ0n) is 20.1. The molecule has 10 nitrogen and oxygen atoms in total. The highest BCUT2D eigenvalue weighted by atomic mass is 32.1. The Morgan fingerprint density at radius 3 is 2.83 bits per heavy atom. The van der Waals surface area contributed by atoms with Gasteiger partial charge in [0.25, 0.3) is 0 Å². The number of aromatic amines is 1. The van der Waals surface area contributed by atoms with Gasteiger partial charge in [0.1, 0.15) is 28.5 Å².